The third-order valence-corrected chi connectivity index (χ3v) is 3.58. The lowest BCUT2D eigenvalue weighted by Gasteiger charge is -2.10. The molecular weight excluding hydrogens is 250 g/mol. The average Bonchev–Trinajstić information content (AvgIpc) is 2.89. The molecule has 5 heteroatoms. The molecule has 1 fully saturated rings. The molecule has 1 aromatic rings. The van der Waals surface area contributed by atoms with Gasteiger partial charge in [-0.1, -0.05) is 25.4 Å². The van der Waals surface area contributed by atoms with Crippen molar-refractivity contribution in [2.45, 2.75) is 33.2 Å². The van der Waals surface area contributed by atoms with E-state index in [2.05, 4.69) is 29.5 Å². The van der Waals surface area contributed by atoms with Gasteiger partial charge in [-0.25, -0.2) is 4.98 Å². The zero-order valence-corrected chi connectivity index (χ0v) is 11.6. The highest BCUT2D eigenvalue weighted by molar-refractivity contribution is 6.33. The minimum absolute atomic E-state index is 0.128. The van der Waals surface area contributed by atoms with E-state index in [-0.39, 0.29) is 17.4 Å². The fourth-order valence-electron chi connectivity index (χ4n) is 1.84. The molecule has 1 amide bonds. The van der Waals surface area contributed by atoms with Gasteiger partial charge in [0.1, 0.15) is 5.82 Å². The molecule has 0 bridgehead atoms. The number of halogens is 1. The van der Waals surface area contributed by atoms with Gasteiger partial charge in [0.25, 0.3) is 5.91 Å². The summed E-state index contributed by atoms with van der Waals surface area (Å²) < 4.78 is 0. The Hall–Kier alpha value is -1.29. The summed E-state index contributed by atoms with van der Waals surface area (Å²) in [6.07, 6.45) is 2.52. The first-order valence-electron chi connectivity index (χ1n) is 6.14. The third kappa shape index (κ3) is 2.75. The number of aromatic nitrogens is 1. The molecule has 1 aliphatic rings. The van der Waals surface area contributed by atoms with E-state index in [9.17, 15) is 4.79 Å². The van der Waals surface area contributed by atoms with Gasteiger partial charge in [0, 0.05) is 18.8 Å². The van der Waals surface area contributed by atoms with Crippen LogP contribution >= 0.6 is 11.6 Å². The van der Waals surface area contributed by atoms with Crippen LogP contribution in [0.2, 0.25) is 5.02 Å². The number of anilines is 1. The maximum Gasteiger partial charge on any atom is 0.253 e. The van der Waals surface area contributed by atoms with E-state index in [4.69, 9.17) is 11.6 Å². The van der Waals surface area contributed by atoms with Crippen LogP contribution in [0.5, 0.6) is 0 Å². The van der Waals surface area contributed by atoms with Crippen LogP contribution in [0, 0.1) is 5.41 Å². The molecule has 1 heterocycles. The van der Waals surface area contributed by atoms with Crippen molar-refractivity contribution < 1.29 is 4.79 Å². The normalized spacial score (nSPS) is 20.3. The number of carbonyl (C=O) groups excluding carboxylic acids is 1. The first-order valence-corrected chi connectivity index (χ1v) is 6.52. The smallest absolute Gasteiger partial charge is 0.253 e. The molecule has 1 saturated carbocycles. The second-order valence-electron chi connectivity index (χ2n) is 5.30. The van der Waals surface area contributed by atoms with Crippen LogP contribution in [-0.2, 0) is 0 Å². The van der Waals surface area contributed by atoms with Crippen molar-refractivity contribution in [1.29, 1.82) is 0 Å². The fourth-order valence-corrected chi connectivity index (χ4v) is 2.03. The van der Waals surface area contributed by atoms with Gasteiger partial charge in [0.2, 0.25) is 0 Å². The van der Waals surface area contributed by atoms with Crippen LogP contribution in [0.15, 0.2) is 12.3 Å². The summed E-state index contributed by atoms with van der Waals surface area (Å²) in [5, 5.41) is 6.44. The van der Waals surface area contributed by atoms with Gasteiger partial charge in [0.15, 0.2) is 0 Å². The number of nitrogens with one attached hydrogen (secondary N) is 2. The number of hydrogen-bond donors (Lipinski definition) is 2. The van der Waals surface area contributed by atoms with Gasteiger partial charge in [-0.05, 0) is 24.8 Å². The lowest BCUT2D eigenvalue weighted by atomic mass is 10.2. The second kappa shape index (κ2) is 4.76. The highest BCUT2D eigenvalue weighted by Crippen LogP contribution is 2.44. The molecule has 2 rings (SSSR count). The standard InChI is InChI=1S/C13H18ClN3O/c1-4-15-11-5-8(9(14)7-16-11)12(18)17-10-6-13(10,2)3/h5,7,10H,4,6H2,1-3H3,(H,15,16)(H,17,18). The molecule has 0 aromatic carbocycles. The van der Waals surface area contributed by atoms with Gasteiger partial charge in [-0.2, -0.15) is 0 Å². The predicted octanol–water partition coefficient (Wildman–Crippen LogP) is 2.70. The van der Waals surface area contributed by atoms with E-state index >= 15 is 0 Å². The lowest BCUT2D eigenvalue weighted by Crippen LogP contribution is -2.28. The van der Waals surface area contributed by atoms with E-state index in [1.54, 1.807) is 6.07 Å². The molecule has 0 saturated heterocycles. The Morgan fingerprint density at radius 3 is 2.83 bits per heavy atom. The van der Waals surface area contributed by atoms with Crippen molar-refractivity contribution in [2.75, 3.05) is 11.9 Å². The molecular formula is C13H18ClN3O. The van der Waals surface area contributed by atoms with Crippen LogP contribution < -0.4 is 10.6 Å². The topological polar surface area (TPSA) is 54.0 Å². The quantitative estimate of drug-likeness (QED) is 0.882. The van der Waals surface area contributed by atoms with Crippen LogP contribution in [0.25, 0.3) is 0 Å². The molecule has 4 nitrogen and oxygen atoms in total. The molecule has 1 aliphatic carbocycles. The minimum Gasteiger partial charge on any atom is -0.370 e. The van der Waals surface area contributed by atoms with Gasteiger partial charge in [0.05, 0.1) is 10.6 Å². The summed E-state index contributed by atoms with van der Waals surface area (Å²) in [5.41, 5.74) is 0.685. The van der Waals surface area contributed by atoms with E-state index in [0.717, 1.165) is 13.0 Å². The predicted molar refractivity (Wildman–Crippen MR) is 73.1 cm³/mol. The minimum atomic E-state index is -0.128. The zero-order chi connectivity index (χ0) is 13.3. The Morgan fingerprint density at radius 2 is 2.28 bits per heavy atom. The van der Waals surface area contributed by atoms with Gasteiger partial charge < -0.3 is 10.6 Å². The van der Waals surface area contributed by atoms with E-state index in [1.165, 1.54) is 6.20 Å². The maximum atomic E-state index is 12.1. The Bertz CT molecular complexity index is 473. The Balaban J connectivity index is 2.11. The van der Waals surface area contributed by atoms with Crippen molar-refractivity contribution >= 4 is 23.3 Å². The first-order chi connectivity index (χ1) is 8.44. The van der Waals surface area contributed by atoms with E-state index in [0.29, 0.717) is 16.4 Å². The number of carbonyl (C=O) groups is 1. The second-order valence-corrected chi connectivity index (χ2v) is 5.71. The average molecular weight is 268 g/mol. The molecule has 0 radical (unpaired) electrons. The molecule has 1 atom stereocenters. The summed E-state index contributed by atoms with van der Waals surface area (Å²) >= 11 is 6.02. The van der Waals surface area contributed by atoms with Crippen LogP contribution in [0.1, 0.15) is 37.6 Å². The molecule has 18 heavy (non-hydrogen) atoms. The molecule has 0 aliphatic heterocycles. The van der Waals surface area contributed by atoms with Gasteiger partial charge in [-0.3, -0.25) is 4.79 Å². The van der Waals surface area contributed by atoms with Crippen molar-refractivity contribution in [2.24, 2.45) is 5.41 Å². The van der Waals surface area contributed by atoms with Crippen molar-refractivity contribution in [3.8, 4) is 0 Å². The number of rotatable bonds is 4. The van der Waals surface area contributed by atoms with E-state index < -0.39 is 0 Å². The number of pyridine rings is 1. The van der Waals surface area contributed by atoms with Crippen LogP contribution in [0.4, 0.5) is 5.82 Å². The van der Waals surface area contributed by atoms with Crippen molar-refractivity contribution in [1.82, 2.24) is 10.3 Å². The fraction of sp³-hybridized carbons (Fsp3) is 0.538. The molecule has 98 valence electrons. The molecule has 0 spiro atoms. The van der Waals surface area contributed by atoms with Gasteiger partial charge >= 0.3 is 0 Å². The highest BCUT2D eigenvalue weighted by atomic mass is 35.5. The number of amides is 1. The largest absolute Gasteiger partial charge is 0.370 e. The number of nitrogens with zero attached hydrogens (tertiary/aromatic N) is 1. The van der Waals surface area contributed by atoms with Crippen molar-refractivity contribution in [3.63, 3.8) is 0 Å². The lowest BCUT2D eigenvalue weighted by molar-refractivity contribution is 0.0946. The Morgan fingerprint density at radius 1 is 1.61 bits per heavy atom. The summed E-state index contributed by atoms with van der Waals surface area (Å²) in [5.74, 6) is 0.541. The summed E-state index contributed by atoms with van der Waals surface area (Å²) in [4.78, 5) is 16.2. The van der Waals surface area contributed by atoms with Gasteiger partial charge in [-0.15, -0.1) is 0 Å². The SMILES string of the molecule is CCNc1cc(C(=O)NC2CC2(C)C)c(Cl)cn1. The Labute approximate surface area is 112 Å². The van der Waals surface area contributed by atoms with Crippen LogP contribution in [-0.4, -0.2) is 23.5 Å². The summed E-state index contributed by atoms with van der Waals surface area (Å²) in [6, 6.07) is 1.94. The van der Waals surface area contributed by atoms with Crippen LogP contribution in [0.3, 0.4) is 0 Å². The number of hydrogen-bond acceptors (Lipinski definition) is 3. The zero-order valence-electron chi connectivity index (χ0n) is 10.9. The molecule has 2 N–H and O–H groups in total. The van der Waals surface area contributed by atoms with E-state index in [1.807, 2.05) is 6.92 Å². The first kappa shape index (κ1) is 13.1. The maximum absolute atomic E-state index is 12.1. The molecule has 1 unspecified atom stereocenters. The third-order valence-electron chi connectivity index (χ3n) is 3.28. The van der Waals surface area contributed by atoms with Crippen molar-refractivity contribution in [3.05, 3.63) is 22.8 Å². The summed E-state index contributed by atoms with van der Waals surface area (Å²) in [6.45, 7) is 7.00. The highest BCUT2D eigenvalue weighted by Gasteiger charge is 2.46. The Kier molecular flexibility index (Phi) is 3.48. The molecule has 1 aromatic heterocycles. The monoisotopic (exact) mass is 267 g/mol. The summed E-state index contributed by atoms with van der Waals surface area (Å²) in [7, 11) is 0.